The molecule has 1 aliphatic rings. The third-order valence-corrected chi connectivity index (χ3v) is 3.04. The predicted molar refractivity (Wildman–Crippen MR) is 73.9 cm³/mol. The van der Waals surface area contributed by atoms with Crippen LogP contribution in [-0.4, -0.2) is 48.9 Å². The summed E-state index contributed by atoms with van der Waals surface area (Å²) in [4.78, 5) is 8.43. The fourth-order valence-corrected chi connectivity index (χ4v) is 1.97. The highest BCUT2D eigenvalue weighted by Gasteiger charge is 2.16. The van der Waals surface area contributed by atoms with Gasteiger partial charge in [0.05, 0.1) is 12.8 Å². The molecule has 2 rings (SSSR count). The highest BCUT2D eigenvalue weighted by Crippen LogP contribution is 2.22. The first kappa shape index (κ1) is 14.3. The number of ether oxygens (including phenoxy) is 2. The predicted octanol–water partition coefficient (Wildman–Crippen LogP) is 1.32. The third-order valence-electron chi connectivity index (χ3n) is 2.78. The summed E-state index contributed by atoms with van der Waals surface area (Å²) in [5.41, 5.74) is 0. The molecule has 7 heteroatoms. The van der Waals surface area contributed by atoms with Crippen LogP contribution >= 0.6 is 11.6 Å². The van der Waals surface area contributed by atoms with Gasteiger partial charge < -0.3 is 20.1 Å². The van der Waals surface area contributed by atoms with E-state index in [1.165, 1.54) is 0 Å². The van der Waals surface area contributed by atoms with E-state index in [1.807, 2.05) is 6.92 Å². The second kappa shape index (κ2) is 7.47. The van der Waals surface area contributed by atoms with Gasteiger partial charge in [-0.05, 0) is 19.9 Å². The standard InChI is InChI=1S/C12H19ClN4O2/c1-2-18-5-6-19-11-10(13)8-15-12(17-11)16-9-3-4-14-7-9/h8-9,14H,2-7H2,1H3,(H,15,16,17)/t9-/m1/s1. The summed E-state index contributed by atoms with van der Waals surface area (Å²) in [7, 11) is 0. The Morgan fingerprint density at radius 2 is 2.42 bits per heavy atom. The molecule has 0 aromatic carbocycles. The van der Waals surface area contributed by atoms with E-state index < -0.39 is 0 Å². The summed E-state index contributed by atoms with van der Waals surface area (Å²) < 4.78 is 10.7. The summed E-state index contributed by atoms with van der Waals surface area (Å²) in [6.07, 6.45) is 2.61. The van der Waals surface area contributed by atoms with E-state index in [2.05, 4.69) is 20.6 Å². The van der Waals surface area contributed by atoms with Crippen LogP contribution in [0.25, 0.3) is 0 Å². The first-order valence-electron chi connectivity index (χ1n) is 6.50. The van der Waals surface area contributed by atoms with E-state index in [0.29, 0.717) is 42.7 Å². The lowest BCUT2D eigenvalue weighted by Gasteiger charge is -2.12. The number of nitrogens with zero attached hydrogens (tertiary/aromatic N) is 2. The molecule has 0 unspecified atom stereocenters. The van der Waals surface area contributed by atoms with Gasteiger partial charge in [0.2, 0.25) is 11.8 Å². The first-order chi connectivity index (χ1) is 9.29. The number of anilines is 1. The topological polar surface area (TPSA) is 68.3 Å². The van der Waals surface area contributed by atoms with Crippen molar-refractivity contribution in [1.82, 2.24) is 15.3 Å². The number of halogens is 1. The maximum absolute atomic E-state index is 5.99. The number of nitrogens with one attached hydrogen (secondary N) is 2. The average molecular weight is 287 g/mol. The van der Waals surface area contributed by atoms with Crippen LogP contribution in [0.2, 0.25) is 5.02 Å². The Labute approximate surface area is 117 Å². The van der Waals surface area contributed by atoms with Gasteiger partial charge in [0.1, 0.15) is 11.6 Å². The summed E-state index contributed by atoms with van der Waals surface area (Å²) >= 11 is 5.99. The third kappa shape index (κ3) is 4.49. The Balaban J connectivity index is 1.90. The van der Waals surface area contributed by atoms with Crippen LogP contribution < -0.4 is 15.4 Å². The van der Waals surface area contributed by atoms with Gasteiger partial charge in [-0.25, -0.2) is 4.98 Å². The Hall–Kier alpha value is -1.11. The second-order valence-corrected chi connectivity index (χ2v) is 4.63. The van der Waals surface area contributed by atoms with Gasteiger partial charge in [-0.1, -0.05) is 11.6 Å². The lowest BCUT2D eigenvalue weighted by atomic mass is 10.3. The molecule has 1 aromatic rings. The van der Waals surface area contributed by atoms with Crippen LogP contribution in [0.15, 0.2) is 6.20 Å². The molecule has 1 fully saturated rings. The SMILES string of the molecule is CCOCCOc1nc(N[C@@H]2CCNC2)ncc1Cl. The fourth-order valence-electron chi connectivity index (χ4n) is 1.82. The van der Waals surface area contributed by atoms with Crippen LogP contribution in [0.1, 0.15) is 13.3 Å². The van der Waals surface area contributed by atoms with Crippen LogP contribution in [0.4, 0.5) is 5.95 Å². The monoisotopic (exact) mass is 286 g/mol. The van der Waals surface area contributed by atoms with Crippen LogP contribution in [0, 0.1) is 0 Å². The number of aromatic nitrogens is 2. The van der Waals surface area contributed by atoms with Crippen molar-refractivity contribution in [3.8, 4) is 5.88 Å². The van der Waals surface area contributed by atoms with Crippen molar-refractivity contribution in [2.24, 2.45) is 0 Å². The van der Waals surface area contributed by atoms with Gasteiger partial charge >= 0.3 is 0 Å². The first-order valence-corrected chi connectivity index (χ1v) is 6.87. The number of hydrogen-bond acceptors (Lipinski definition) is 6. The van der Waals surface area contributed by atoms with Gasteiger partial charge in [-0.2, -0.15) is 4.98 Å². The van der Waals surface area contributed by atoms with E-state index in [0.717, 1.165) is 19.5 Å². The number of hydrogen-bond donors (Lipinski definition) is 2. The van der Waals surface area contributed by atoms with Crippen LogP contribution in [-0.2, 0) is 4.74 Å². The van der Waals surface area contributed by atoms with Crippen molar-refractivity contribution in [2.45, 2.75) is 19.4 Å². The summed E-state index contributed by atoms with van der Waals surface area (Å²) in [6, 6.07) is 0.359. The molecule has 1 aliphatic heterocycles. The molecule has 19 heavy (non-hydrogen) atoms. The highest BCUT2D eigenvalue weighted by atomic mass is 35.5. The molecule has 1 aromatic heterocycles. The Kier molecular flexibility index (Phi) is 5.62. The fraction of sp³-hybridized carbons (Fsp3) is 0.667. The molecule has 2 N–H and O–H groups in total. The Morgan fingerprint density at radius 1 is 1.53 bits per heavy atom. The molecule has 0 spiro atoms. The van der Waals surface area contributed by atoms with E-state index in [4.69, 9.17) is 21.1 Å². The number of rotatable bonds is 7. The zero-order valence-electron chi connectivity index (χ0n) is 11.0. The van der Waals surface area contributed by atoms with Gasteiger partial charge in [-0.15, -0.1) is 0 Å². The molecule has 0 radical (unpaired) electrons. The molecule has 106 valence electrons. The molecular formula is C12H19ClN4O2. The Bertz CT molecular complexity index is 399. The van der Waals surface area contributed by atoms with Crippen LogP contribution in [0.3, 0.4) is 0 Å². The zero-order valence-corrected chi connectivity index (χ0v) is 11.7. The average Bonchev–Trinajstić information content (AvgIpc) is 2.91. The molecule has 1 saturated heterocycles. The molecule has 1 atom stereocenters. The molecule has 6 nitrogen and oxygen atoms in total. The van der Waals surface area contributed by atoms with E-state index in [-0.39, 0.29) is 0 Å². The highest BCUT2D eigenvalue weighted by molar-refractivity contribution is 6.31. The van der Waals surface area contributed by atoms with Crippen molar-refractivity contribution in [3.63, 3.8) is 0 Å². The van der Waals surface area contributed by atoms with E-state index in [9.17, 15) is 0 Å². The zero-order chi connectivity index (χ0) is 13.5. The van der Waals surface area contributed by atoms with Crippen molar-refractivity contribution in [3.05, 3.63) is 11.2 Å². The van der Waals surface area contributed by atoms with Gasteiger partial charge in [0.25, 0.3) is 0 Å². The maximum atomic E-state index is 5.99. The molecule has 0 amide bonds. The summed E-state index contributed by atoms with van der Waals surface area (Å²) in [6.45, 7) is 5.49. The molecule has 0 bridgehead atoms. The van der Waals surface area contributed by atoms with E-state index >= 15 is 0 Å². The largest absolute Gasteiger partial charge is 0.474 e. The van der Waals surface area contributed by atoms with Crippen molar-refractivity contribution in [1.29, 1.82) is 0 Å². The van der Waals surface area contributed by atoms with Gasteiger partial charge in [0, 0.05) is 19.2 Å². The molecular weight excluding hydrogens is 268 g/mol. The van der Waals surface area contributed by atoms with Crippen molar-refractivity contribution in [2.75, 3.05) is 38.2 Å². The Morgan fingerprint density at radius 3 is 3.16 bits per heavy atom. The minimum absolute atomic E-state index is 0.359. The lowest BCUT2D eigenvalue weighted by Crippen LogP contribution is -2.23. The van der Waals surface area contributed by atoms with Gasteiger partial charge in [-0.3, -0.25) is 0 Å². The lowest BCUT2D eigenvalue weighted by molar-refractivity contribution is 0.108. The van der Waals surface area contributed by atoms with E-state index in [1.54, 1.807) is 6.20 Å². The minimum Gasteiger partial charge on any atom is -0.474 e. The molecule has 0 aliphatic carbocycles. The second-order valence-electron chi connectivity index (χ2n) is 4.23. The molecule has 2 heterocycles. The minimum atomic E-state index is 0.359. The van der Waals surface area contributed by atoms with Crippen LogP contribution in [0.5, 0.6) is 5.88 Å². The quantitative estimate of drug-likeness (QED) is 0.737. The maximum Gasteiger partial charge on any atom is 0.237 e. The van der Waals surface area contributed by atoms with Crippen molar-refractivity contribution >= 4 is 17.5 Å². The smallest absolute Gasteiger partial charge is 0.237 e. The van der Waals surface area contributed by atoms with Crippen molar-refractivity contribution < 1.29 is 9.47 Å². The van der Waals surface area contributed by atoms with Gasteiger partial charge in [0.15, 0.2) is 0 Å². The molecule has 0 saturated carbocycles. The normalized spacial score (nSPS) is 18.5. The summed E-state index contributed by atoms with van der Waals surface area (Å²) in [5.74, 6) is 0.939. The summed E-state index contributed by atoms with van der Waals surface area (Å²) in [5, 5.41) is 6.94.